The quantitative estimate of drug-likeness (QED) is 0.530. The van der Waals surface area contributed by atoms with Gasteiger partial charge in [-0.25, -0.2) is 0 Å². The van der Waals surface area contributed by atoms with Gasteiger partial charge in [0.05, 0.1) is 4.92 Å². The second-order valence-corrected chi connectivity index (χ2v) is 4.71. The van der Waals surface area contributed by atoms with Crippen molar-refractivity contribution in [3.8, 4) is 5.75 Å². The lowest BCUT2D eigenvalue weighted by Crippen LogP contribution is -1.99. The van der Waals surface area contributed by atoms with Crippen molar-refractivity contribution in [1.82, 2.24) is 0 Å². The number of halogens is 1. The van der Waals surface area contributed by atoms with E-state index in [0.717, 1.165) is 10.0 Å². The van der Waals surface area contributed by atoms with Gasteiger partial charge in [0.1, 0.15) is 18.0 Å². The van der Waals surface area contributed by atoms with Crippen LogP contribution in [0.3, 0.4) is 0 Å². The van der Waals surface area contributed by atoms with Crippen molar-refractivity contribution in [1.29, 1.82) is 0 Å². The Morgan fingerprint density at radius 2 is 2.00 bits per heavy atom. The molecule has 19 heavy (non-hydrogen) atoms. The summed E-state index contributed by atoms with van der Waals surface area (Å²) in [5, 5.41) is 10.6. The van der Waals surface area contributed by atoms with E-state index < -0.39 is 4.92 Å². The molecule has 0 saturated heterocycles. The van der Waals surface area contributed by atoms with Gasteiger partial charge < -0.3 is 10.5 Å². The van der Waals surface area contributed by atoms with Crippen molar-refractivity contribution in [2.45, 2.75) is 6.61 Å². The molecule has 5 nitrogen and oxygen atoms in total. The van der Waals surface area contributed by atoms with Crippen LogP contribution in [-0.2, 0) is 6.61 Å². The van der Waals surface area contributed by atoms with Gasteiger partial charge in [0.15, 0.2) is 0 Å². The maximum absolute atomic E-state index is 10.6. The standard InChI is InChI=1S/C13H11BrN2O3/c14-11-4-2-1-3-9(11)8-19-10-5-6-13(16(17)18)12(15)7-10/h1-7H,8,15H2. The van der Waals surface area contributed by atoms with Gasteiger partial charge in [0, 0.05) is 22.2 Å². The molecule has 6 heteroatoms. The van der Waals surface area contributed by atoms with Crippen LogP contribution in [0.2, 0.25) is 0 Å². The Bertz CT molecular complexity index is 617. The van der Waals surface area contributed by atoms with Crippen molar-refractivity contribution >= 4 is 27.3 Å². The molecule has 98 valence electrons. The summed E-state index contributed by atoms with van der Waals surface area (Å²) in [6.45, 7) is 0.360. The van der Waals surface area contributed by atoms with Gasteiger partial charge in [-0.15, -0.1) is 0 Å². The topological polar surface area (TPSA) is 78.4 Å². The third-order valence-electron chi connectivity index (χ3n) is 2.55. The minimum Gasteiger partial charge on any atom is -0.489 e. The Kier molecular flexibility index (Phi) is 4.01. The summed E-state index contributed by atoms with van der Waals surface area (Å²) < 4.78 is 6.50. The van der Waals surface area contributed by atoms with E-state index in [0.29, 0.717) is 12.4 Å². The highest BCUT2D eigenvalue weighted by Gasteiger charge is 2.11. The second-order valence-electron chi connectivity index (χ2n) is 3.86. The molecule has 2 N–H and O–H groups in total. The molecule has 2 rings (SSSR count). The van der Waals surface area contributed by atoms with Crippen LogP contribution >= 0.6 is 15.9 Å². The van der Waals surface area contributed by atoms with Crippen molar-refractivity contribution in [2.75, 3.05) is 5.73 Å². The summed E-state index contributed by atoms with van der Waals surface area (Å²) in [5.41, 5.74) is 6.55. The van der Waals surface area contributed by atoms with Gasteiger partial charge in [-0.3, -0.25) is 10.1 Å². The first-order valence-corrected chi connectivity index (χ1v) is 6.27. The molecule has 0 saturated carbocycles. The number of benzene rings is 2. The van der Waals surface area contributed by atoms with E-state index in [1.54, 1.807) is 0 Å². The molecule has 0 amide bonds. The van der Waals surface area contributed by atoms with Crippen molar-refractivity contribution in [2.24, 2.45) is 0 Å². The van der Waals surface area contributed by atoms with E-state index in [4.69, 9.17) is 10.5 Å². The molecule has 0 fully saturated rings. The average Bonchev–Trinajstić information content (AvgIpc) is 2.37. The van der Waals surface area contributed by atoms with Crippen molar-refractivity contribution < 1.29 is 9.66 Å². The van der Waals surface area contributed by atoms with Crippen molar-refractivity contribution in [3.63, 3.8) is 0 Å². The van der Waals surface area contributed by atoms with Crippen LogP contribution in [0.5, 0.6) is 5.75 Å². The molecule has 0 atom stereocenters. The molecule has 0 aliphatic heterocycles. The van der Waals surface area contributed by atoms with E-state index in [2.05, 4.69) is 15.9 Å². The second kappa shape index (κ2) is 5.71. The zero-order valence-electron chi connectivity index (χ0n) is 9.88. The van der Waals surface area contributed by atoms with Gasteiger partial charge in [-0.2, -0.15) is 0 Å². The predicted octanol–water partition coefficient (Wildman–Crippen LogP) is 3.52. The smallest absolute Gasteiger partial charge is 0.292 e. The molecule has 0 unspecified atom stereocenters. The van der Waals surface area contributed by atoms with E-state index in [1.165, 1.54) is 18.2 Å². The zero-order valence-corrected chi connectivity index (χ0v) is 11.5. The summed E-state index contributed by atoms with van der Waals surface area (Å²) in [4.78, 5) is 10.1. The number of rotatable bonds is 4. The van der Waals surface area contributed by atoms with Crippen LogP contribution in [0.4, 0.5) is 11.4 Å². The number of hydrogen-bond donors (Lipinski definition) is 1. The summed E-state index contributed by atoms with van der Waals surface area (Å²) in [7, 11) is 0. The lowest BCUT2D eigenvalue weighted by Gasteiger charge is -2.08. The van der Waals surface area contributed by atoms with Gasteiger partial charge in [0.25, 0.3) is 5.69 Å². The third kappa shape index (κ3) is 3.23. The fourth-order valence-electron chi connectivity index (χ4n) is 1.57. The number of nitro groups is 1. The van der Waals surface area contributed by atoms with Gasteiger partial charge in [0.2, 0.25) is 0 Å². The molecule has 0 spiro atoms. The highest BCUT2D eigenvalue weighted by atomic mass is 79.9. The summed E-state index contributed by atoms with van der Waals surface area (Å²) >= 11 is 3.42. The fraction of sp³-hybridized carbons (Fsp3) is 0.0769. The van der Waals surface area contributed by atoms with Gasteiger partial charge in [-0.1, -0.05) is 34.1 Å². The van der Waals surface area contributed by atoms with Crippen molar-refractivity contribution in [3.05, 3.63) is 62.6 Å². The molecular formula is C13H11BrN2O3. The minimum absolute atomic E-state index is 0.0922. The Hall–Kier alpha value is -2.08. The highest BCUT2D eigenvalue weighted by molar-refractivity contribution is 9.10. The Balaban J connectivity index is 2.11. The first-order chi connectivity index (χ1) is 9.08. The number of nitro benzene ring substituents is 1. The van der Waals surface area contributed by atoms with Crippen LogP contribution < -0.4 is 10.5 Å². The summed E-state index contributed by atoms with van der Waals surface area (Å²) in [6, 6.07) is 12.0. The molecule has 0 aliphatic rings. The number of ether oxygens (including phenoxy) is 1. The largest absolute Gasteiger partial charge is 0.489 e. The number of nitrogen functional groups attached to an aromatic ring is 1. The number of nitrogens with two attached hydrogens (primary N) is 1. The molecule has 0 radical (unpaired) electrons. The molecule has 2 aromatic carbocycles. The SMILES string of the molecule is Nc1cc(OCc2ccccc2Br)ccc1[N+](=O)[O-]. The Morgan fingerprint density at radius 3 is 2.63 bits per heavy atom. The lowest BCUT2D eigenvalue weighted by molar-refractivity contribution is -0.383. The van der Waals surface area contributed by atoms with E-state index in [1.807, 2.05) is 24.3 Å². The highest BCUT2D eigenvalue weighted by Crippen LogP contribution is 2.27. The Morgan fingerprint density at radius 1 is 1.26 bits per heavy atom. The molecular weight excluding hydrogens is 312 g/mol. The first-order valence-electron chi connectivity index (χ1n) is 5.48. The Labute approximate surface area is 118 Å². The van der Waals surface area contributed by atoms with Gasteiger partial charge >= 0.3 is 0 Å². The zero-order chi connectivity index (χ0) is 13.8. The lowest BCUT2D eigenvalue weighted by atomic mass is 10.2. The van der Waals surface area contributed by atoms with Crippen LogP contribution in [0.25, 0.3) is 0 Å². The predicted molar refractivity (Wildman–Crippen MR) is 76.0 cm³/mol. The number of nitrogens with zero attached hydrogens (tertiary/aromatic N) is 1. The third-order valence-corrected chi connectivity index (χ3v) is 3.32. The van der Waals surface area contributed by atoms with E-state index in [9.17, 15) is 10.1 Å². The van der Waals surface area contributed by atoms with E-state index >= 15 is 0 Å². The number of anilines is 1. The maximum Gasteiger partial charge on any atom is 0.292 e. The number of hydrogen-bond acceptors (Lipinski definition) is 4. The molecule has 2 aromatic rings. The van der Waals surface area contributed by atoms with Crippen LogP contribution in [0.15, 0.2) is 46.9 Å². The molecule has 0 heterocycles. The molecule has 0 aromatic heterocycles. The molecule has 0 aliphatic carbocycles. The maximum atomic E-state index is 10.6. The average molecular weight is 323 g/mol. The van der Waals surface area contributed by atoms with Gasteiger partial charge in [-0.05, 0) is 12.1 Å². The summed E-state index contributed by atoms with van der Waals surface area (Å²) in [5.74, 6) is 0.499. The first kappa shape index (κ1) is 13.4. The van der Waals surface area contributed by atoms with Crippen LogP contribution in [0, 0.1) is 10.1 Å². The minimum atomic E-state index is -0.521. The normalized spacial score (nSPS) is 10.2. The van der Waals surface area contributed by atoms with E-state index in [-0.39, 0.29) is 11.4 Å². The van der Waals surface area contributed by atoms with Crippen LogP contribution in [0.1, 0.15) is 5.56 Å². The summed E-state index contributed by atoms with van der Waals surface area (Å²) in [6.07, 6.45) is 0. The fourth-order valence-corrected chi connectivity index (χ4v) is 1.96. The molecule has 0 bridgehead atoms. The monoisotopic (exact) mass is 322 g/mol. The van der Waals surface area contributed by atoms with Crippen LogP contribution in [-0.4, -0.2) is 4.92 Å².